The minimum atomic E-state index is -0.124. The summed E-state index contributed by atoms with van der Waals surface area (Å²) in [5, 5.41) is 3.02. The first-order valence-corrected chi connectivity index (χ1v) is 8.56. The number of hydrogen-bond acceptors (Lipinski definition) is 3. The molecule has 3 rings (SSSR count). The molecule has 1 atom stereocenters. The fraction of sp³-hybridized carbons (Fsp3) is 0.350. The Balaban J connectivity index is 1.72. The molecule has 2 aromatic rings. The number of carbonyl (C=O) groups excluding carboxylic acids is 1. The number of amides is 1. The van der Waals surface area contributed by atoms with E-state index in [1.807, 2.05) is 25.1 Å². The molecule has 0 bridgehead atoms. The third-order valence-corrected chi connectivity index (χ3v) is 4.84. The van der Waals surface area contributed by atoms with E-state index in [2.05, 4.69) is 41.4 Å². The van der Waals surface area contributed by atoms with Crippen LogP contribution in [-0.4, -0.2) is 23.4 Å². The van der Waals surface area contributed by atoms with Crippen LogP contribution >= 0.6 is 0 Å². The van der Waals surface area contributed by atoms with E-state index in [-0.39, 0.29) is 11.9 Å². The molecule has 2 aromatic carbocycles. The summed E-state index contributed by atoms with van der Waals surface area (Å²) in [5.41, 5.74) is 11.2. The summed E-state index contributed by atoms with van der Waals surface area (Å²) in [5.74, 6) is 0.0418. The van der Waals surface area contributed by atoms with E-state index in [9.17, 15) is 4.79 Å². The van der Waals surface area contributed by atoms with E-state index in [1.165, 1.54) is 11.1 Å². The quantitative estimate of drug-likeness (QED) is 0.848. The van der Waals surface area contributed by atoms with Crippen LogP contribution in [0.5, 0.6) is 0 Å². The van der Waals surface area contributed by atoms with Gasteiger partial charge in [0.05, 0.1) is 6.04 Å². The zero-order chi connectivity index (χ0) is 17.1. The zero-order valence-electron chi connectivity index (χ0n) is 14.4. The van der Waals surface area contributed by atoms with E-state index in [4.69, 9.17) is 5.73 Å². The summed E-state index contributed by atoms with van der Waals surface area (Å²) in [6.45, 7) is 5.77. The minimum Gasteiger partial charge on any atom is -0.398 e. The molecule has 1 unspecified atom stereocenters. The number of hydrogen-bond donors (Lipinski definition) is 2. The summed E-state index contributed by atoms with van der Waals surface area (Å²) >= 11 is 0. The molecule has 126 valence electrons. The Morgan fingerprint density at radius 3 is 2.71 bits per heavy atom. The topological polar surface area (TPSA) is 58.4 Å². The highest BCUT2D eigenvalue weighted by molar-refractivity contribution is 5.95. The number of nitrogen functional groups attached to an aromatic ring is 1. The Morgan fingerprint density at radius 1 is 1.25 bits per heavy atom. The van der Waals surface area contributed by atoms with Gasteiger partial charge < -0.3 is 11.1 Å². The van der Waals surface area contributed by atoms with Gasteiger partial charge in [-0.25, -0.2) is 0 Å². The summed E-state index contributed by atoms with van der Waals surface area (Å²) in [7, 11) is 0. The lowest BCUT2D eigenvalue weighted by atomic mass is 9.98. The lowest BCUT2D eigenvalue weighted by Crippen LogP contribution is -2.46. The Kier molecular flexibility index (Phi) is 4.86. The monoisotopic (exact) mass is 323 g/mol. The Labute approximate surface area is 143 Å². The molecule has 1 amide bonds. The molecule has 3 N–H and O–H groups in total. The molecular weight excluding hydrogens is 298 g/mol. The van der Waals surface area contributed by atoms with Gasteiger partial charge in [0.15, 0.2) is 0 Å². The molecule has 4 heteroatoms. The molecule has 24 heavy (non-hydrogen) atoms. The second kappa shape index (κ2) is 7.05. The van der Waals surface area contributed by atoms with Crippen molar-refractivity contribution in [3.63, 3.8) is 0 Å². The number of nitrogens with zero attached hydrogens (tertiary/aromatic N) is 1. The number of rotatable bonds is 4. The molecular formula is C20H25N3O. The highest BCUT2D eigenvalue weighted by atomic mass is 16.2. The summed E-state index contributed by atoms with van der Waals surface area (Å²) in [6, 6.07) is 14.0. The molecule has 0 fully saturated rings. The molecule has 0 aliphatic carbocycles. The Bertz CT molecular complexity index is 741. The van der Waals surface area contributed by atoms with Gasteiger partial charge in [0.25, 0.3) is 0 Å². The van der Waals surface area contributed by atoms with Gasteiger partial charge in [-0.05, 0) is 48.6 Å². The number of benzene rings is 2. The van der Waals surface area contributed by atoms with Crippen molar-refractivity contribution >= 4 is 17.3 Å². The van der Waals surface area contributed by atoms with E-state index >= 15 is 0 Å². The number of aryl methyl sites for hydroxylation is 1. The van der Waals surface area contributed by atoms with Gasteiger partial charge in [-0.2, -0.15) is 0 Å². The first-order chi connectivity index (χ1) is 11.6. The van der Waals surface area contributed by atoms with Crippen LogP contribution in [-0.2, 0) is 17.8 Å². The Hall–Kier alpha value is -2.33. The summed E-state index contributed by atoms with van der Waals surface area (Å²) in [6.07, 6.45) is 1.78. The van der Waals surface area contributed by atoms with E-state index in [0.29, 0.717) is 5.69 Å². The van der Waals surface area contributed by atoms with Crippen molar-refractivity contribution in [1.82, 2.24) is 4.90 Å². The van der Waals surface area contributed by atoms with Gasteiger partial charge in [-0.15, -0.1) is 0 Å². The minimum absolute atomic E-state index is 0.0418. The van der Waals surface area contributed by atoms with Crippen molar-refractivity contribution < 1.29 is 4.79 Å². The number of carbonyl (C=O) groups is 1. The van der Waals surface area contributed by atoms with Crippen LogP contribution in [0.4, 0.5) is 11.4 Å². The maximum atomic E-state index is 12.8. The van der Waals surface area contributed by atoms with Gasteiger partial charge in [-0.3, -0.25) is 9.69 Å². The van der Waals surface area contributed by atoms with Crippen molar-refractivity contribution in [2.75, 3.05) is 17.6 Å². The zero-order valence-corrected chi connectivity index (χ0v) is 14.4. The van der Waals surface area contributed by atoms with Crippen LogP contribution in [0.15, 0.2) is 42.5 Å². The molecule has 0 spiro atoms. The van der Waals surface area contributed by atoms with E-state index < -0.39 is 0 Å². The number of anilines is 2. The number of nitrogens with two attached hydrogens (primary N) is 1. The predicted molar refractivity (Wildman–Crippen MR) is 98.9 cm³/mol. The van der Waals surface area contributed by atoms with Crippen molar-refractivity contribution in [2.45, 2.75) is 39.3 Å². The van der Waals surface area contributed by atoms with Gasteiger partial charge >= 0.3 is 0 Å². The lowest BCUT2D eigenvalue weighted by molar-refractivity contribution is -0.121. The highest BCUT2D eigenvalue weighted by Gasteiger charge is 2.27. The molecule has 0 saturated heterocycles. The van der Waals surface area contributed by atoms with Gasteiger partial charge in [0.2, 0.25) is 5.91 Å². The SMILES string of the molecule is CCC(C(=O)Nc1ccc(C)c(N)c1)N1CCc2ccccc2C1. The second-order valence-electron chi connectivity index (χ2n) is 6.47. The second-order valence-corrected chi connectivity index (χ2v) is 6.47. The van der Waals surface area contributed by atoms with Crippen molar-refractivity contribution in [3.05, 3.63) is 59.2 Å². The average molecular weight is 323 g/mol. The van der Waals surface area contributed by atoms with Crippen molar-refractivity contribution in [2.24, 2.45) is 0 Å². The third-order valence-electron chi connectivity index (χ3n) is 4.84. The van der Waals surface area contributed by atoms with Crippen LogP contribution in [0.2, 0.25) is 0 Å². The van der Waals surface area contributed by atoms with E-state index in [1.54, 1.807) is 0 Å². The molecule has 0 saturated carbocycles. The van der Waals surface area contributed by atoms with Crippen molar-refractivity contribution in [1.29, 1.82) is 0 Å². The van der Waals surface area contributed by atoms with Gasteiger partial charge in [-0.1, -0.05) is 37.3 Å². The van der Waals surface area contributed by atoms with Gasteiger partial charge in [0, 0.05) is 24.5 Å². The molecule has 4 nitrogen and oxygen atoms in total. The number of fused-ring (bicyclic) bond motifs is 1. The standard InChI is InChI=1S/C20H25N3O/c1-3-19(20(24)22-17-9-8-14(2)18(21)12-17)23-11-10-15-6-4-5-7-16(15)13-23/h4-9,12,19H,3,10-11,13,21H2,1-2H3,(H,22,24). The first-order valence-electron chi connectivity index (χ1n) is 8.56. The fourth-order valence-electron chi connectivity index (χ4n) is 3.34. The van der Waals surface area contributed by atoms with Crippen molar-refractivity contribution in [3.8, 4) is 0 Å². The average Bonchev–Trinajstić information content (AvgIpc) is 2.59. The molecule has 0 aromatic heterocycles. The number of nitrogens with one attached hydrogen (secondary N) is 1. The van der Waals surface area contributed by atoms with Crippen LogP contribution in [0.1, 0.15) is 30.0 Å². The Morgan fingerprint density at radius 2 is 2.00 bits per heavy atom. The highest BCUT2D eigenvalue weighted by Crippen LogP contribution is 2.23. The smallest absolute Gasteiger partial charge is 0.241 e. The largest absolute Gasteiger partial charge is 0.398 e. The van der Waals surface area contributed by atoms with Crippen LogP contribution in [0.25, 0.3) is 0 Å². The lowest BCUT2D eigenvalue weighted by Gasteiger charge is -2.34. The van der Waals surface area contributed by atoms with Crippen LogP contribution in [0, 0.1) is 6.92 Å². The fourth-order valence-corrected chi connectivity index (χ4v) is 3.34. The predicted octanol–water partition coefficient (Wildman–Crippen LogP) is 3.35. The maximum Gasteiger partial charge on any atom is 0.241 e. The maximum absolute atomic E-state index is 12.8. The molecule has 1 aliphatic rings. The summed E-state index contributed by atoms with van der Waals surface area (Å²) < 4.78 is 0. The van der Waals surface area contributed by atoms with E-state index in [0.717, 1.165) is 37.2 Å². The molecule has 1 heterocycles. The first kappa shape index (κ1) is 16.5. The summed E-state index contributed by atoms with van der Waals surface area (Å²) in [4.78, 5) is 15.0. The van der Waals surface area contributed by atoms with Crippen LogP contribution in [0.3, 0.4) is 0 Å². The molecule has 1 aliphatic heterocycles. The van der Waals surface area contributed by atoms with Crippen LogP contribution < -0.4 is 11.1 Å². The third kappa shape index (κ3) is 3.44. The normalized spacial score (nSPS) is 15.6. The van der Waals surface area contributed by atoms with Gasteiger partial charge in [0.1, 0.15) is 0 Å². The molecule has 0 radical (unpaired) electrons.